The lowest BCUT2D eigenvalue weighted by Crippen LogP contribution is -2.19. The van der Waals surface area contributed by atoms with Gasteiger partial charge in [0.1, 0.15) is 11.6 Å². The van der Waals surface area contributed by atoms with Gasteiger partial charge in [-0.3, -0.25) is 14.5 Å². The van der Waals surface area contributed by atoms with Crippen LogP contribution in [-0.2, 0) is 11.3 Å². The van der Waals surface area contributed by atoms with Crippen LogP contribution in [0.25, 0.3) is 26.5 Å². The number of rotatable bonds is 10. The van der Waals surface area contributed by atoms with Crippen LogP contribution in [0.3, 0.4) is 0 Å². The highest BCUT2D eigenvalue weighted by Crippen LogP contribution is 2.39. The average molecular weight is 645 g/mol. The molecule has 1 amide bonds. The van der Waals surface area contributed by atoms with Crippen molar-refractivity contribution in [3.8, 4) is 27.8 Å². The third-order valence-electron chi connectivity index (χ3n) is 6.77. The number of nitrogens with one attached hydrogen (secondary N) is 2. The lowest BCUT2D eigenvalue weighted by atomic mass is 10.2. The van der Waals surface area contributed by atoms with E-state index in [0.717, 1.165) is 27.4 Å². The van der Waals surface area contributed by atoms with Gasteiger partial charge in [0.25, 0.3) is 0 Å². The van der Waals surface area contributed by atoms with Crippen LogP contribution in [0.1, 0.15) is 5.56 Å². The standard InChI is InChI=1S/C32H26F2N6O3S2/c1-42-15-12-35-18-20-2-8-25(37-19-20)29-17-26-30(45-29)28(10-11-36-26)43-27-9-5-22(16-24(27)34)38-31(41)40-14-13-39(32(40)44)23-6-3-21(33)4-7-23/h2-11,13-14,16-17,19,35H,12,15,18H2,1H3,(H,38,41). The number of pyridine rings is 2. The number of methoxy groups -OCH3 is 1. The monoisotopic (exact) mass is 644 g/mol. The van der Waals surface area contributed by atoms with Crippen molar-refractivity contribution in [1.82, 2.24) is 24.4 Å². The molecular weight excluding hydrogens is 619 g/mol. The highest BCUT2D eigenvalue weighted by atomic mass is 32.1. The molecule has 2 N–H and O–H groups in total. The van der Waals surface area contributed by atoms with Crippen molar-refractivity contribution in [2.75, 3.05) is 25.6 Å². The summed E-state index contributed by atoms with van der Waals surface area (Å²) in [4.78, 5) is 22.9. The van der Waals surface area contributed by atoms with E-state index in [9.17, 15) is 9.18 Å². The second-order valence-electron chi connectivity index (χ2n) is 9.83. The molecule has 45 heavy (non-hydrogen) atoms. The van der Waals surface area contributed by atoms with Crippen molar-refractivity contribution in [2.24, 2.45) is 0 Å². The topological polar surface area (TPSA) is 95.2 Å². The summed E-state index contributed by atoms with van der Waals surface area (Å²) in [7, 11) is 1.67. The number of hydrogen-bond donors (Lipinski definition) is 2. The molecule has 2 aromatic carbocycles. The highest BCUT2D eigenvalue weighted by molar-refractivity contribution is 7.71. The van der Waals surface area contributed by atoms with Crippen LogP contribution >= 0.6 is 23.6 Å². The molecule has 0 saturated heterocycles. The Morgan fingerprint density at radius 1 is 1.00 bits per heavy atom. The smallest absolute Gasteiger partial charge is 0.332 e. The zero-order valence-electron chi connectivity index (χ0n) is 23.9. The maximum Gasteiger partial charge on any atom is 0.332 e. The van der Waals surface area contributed by atoms with Gasteiger partial charge in [0, 0.05) is 68.5 Å². The van der Waals surface area contributed by atoms with E-state index in [-0.39, 0.29) is 22.0 Å². The number of carbonyl (C=O) groups excluding carboxylic acids is 1. The van der Waals surface area contributed by atoms with E-state index < -0.39 is 11.8 Å². The molecule has 0 bridgehead atoms. The summed E-state index contributed by atoms with van der Waals surface area (Å²) in [5, 5.41) is 5.93. The van der Waals surface area contributed by atoms with Crippen molar-refractivity contribution in [2.45, 2.75) is 6.54 Å². The van der Waals surface area contributed by atoms with E-state index >= 15 is 4.39 Å². The number of nitrogens with zero attached hydrogens (tertiary/aromatic N) is 4. The number of aromatic nitrogens is 4. The molecule has 0 aliphatic heterocycles. The quantitative estimate of drug-likeness (QED) is 0.117. The van der Waals surface area contributed by atoms with Crippen LogP contribution in [0, 0.1) is 16.4 Å². The van der Waals surface area contributed by atoms with Gasteiger partial charge in [-0.2, -0.15) is 0 Å². The van der Waals surface area contributed by atoms with Crippen molar-refractivity contribution < 1.29 is 23.0 Å². The van der Waals surface area contributed by atoms with Gasteiger partial charge in [0.2, 0.25) is 0 Å². The summed E-state index contributed by atoms with van der Waals surface area (Å²) < 4.78 is 43.2. The Hall–Kier alpha value is -4.82. The fourth-order valence-corrected chi connectivity index (χ4v) is 5.85. The number of fused-ring (bicyclic) bond motifs is 1. The first-order valence-corrected chi connectivity index (χ1v) is 15.0. The molecule has 0 radical (unpaired) electrons. The van der Waals surface area contributed by atoms with Crippen molar-refractivity contribution in [1.29, 1.82) is 0 Å². The minimum atomic E-state index is -0.668. The number of ether oxygens (including phenoxy) is 2. The summed E-state index contributed by atoms with van der Waals surface area (Å²) >= 11 is 6.86. The summed E-state index contributed by atoms with van der Waals surface area (Å²) in [5.74, 6) is -0.623. The molecule has 6 rings (SSSR count). The van der Waals surface area contributed by atoms with Gasteiger partial charge in [-0.15, -0.1) is 11.3 Å². The summed E-state index contributed by atoms with van der Waals surface area (Å²) in [5.41, 5.74) is 3.36. The molecule has 0 spiro atoms. The number of anilines is 1. The number of imidazole rings is 1. The Bertz CT molecular complexity index is 2020. The average Bonchev–Trinajstić information content (AvgIpc) is 3.66. The Morgan fingerprint density at radius 3 is 2.60 bits per heavy atom. The summed E-state index contributed by atoms with van der Waals surface area (Å²) in [6.07, 6.45) is 6.50. The van der Waals surface area contributed by atoms with Crippen molar-refractivity contribution in [3.63, 3.8) is 0 Å². The van der Waals surface area contributed by atoms with Gasteiger partial charge in [0.05, 0.1) is 27.4 Å². The largest absolute Gasteiger partial charge is 0.453 e. The molecule has 0 atom stereocenters. The predicted octanol–water partition coefficient (Wildman–Crippen LogP) is 7.57. The molecule has 0 aliphatic rings. The van der Waals surface area contributed by atoms with Crippen molar-refractivity contribution in [3.05, 3.63) is 113 Å². The maximum absolute atomic E-state index is 15.2. The third kappa shape index (κ3) is 6.81. The minimum absolute atomic E-state index is 0.0158. The van der Waals surface area contributed by atoms with Gasteiger partial charge in [-0.1, -0.05) is 6.07 Å². The zero-order chi connectivity index (χ0) is 31.3. The number of benzene rings is 2. The highest BCUT2D eigenvalue weighted by Gasteiger charge is 2.15. The minimum Gasteiger partial charge on any atom is -0.453 e. The third-order valence-corrected chi connectivity index (χ3v) is 8.32. The molecule has 0 unspecified atom stereocenters. The molecule has 4 aromatic heterocycles. The Morgan fingerprint density at radius 2 is 1.84 bits per heavy atom. The molecule has 9 nitrogen and oxygen atoms in total. The first kappa shape index (κ1) is 30.2. The van der Waals surface area contributed by atoms with E-state index in [4.69, 9.17) is 21.7 Å². The van der Waals surface area contributed by atoms with Crippen molar-refractivity contribution >= 4 is 45.5 Å². The fraction of sp³-hybridized carbons (Fsp3) is 0.125. The van der Waals surface area contributed by atoms with Crippen LogP contribution in [0.15, 0.2) is 91.5 Å². The van der Waals surface area contributed by atoms with Gasteiger partial charge >= 0.3 is 6.03 Å². The van der Waals surface area contributed by atoms with Crippen LogP contribution in [0.2, 0.25) is 0 Å². The molecule has 13 heteroatoms. The molecule has 4 heterocycles. The van der Waals surface area contributed by atoms with Gasteiger partial charge in [-0.05, 0) is 66.3 Å². The molecule has 228 valence electrons. The van der Waals surface area contributed by atoms with Gasteiger partial charge in [-0.25, -0.2) is 18.1 Å². The molecule has 0 aliphatic carbocycles. The van der Waals surface area contributed by atoms with Gasteiger partial charge < -0.3 is 20.1 Å². The van der Waals surface area contributed by atoms with Crippen LogP contribution < -0.4 is 15.4 Å². The normalized spacial score (nSPS) is 11.2. The van der Waals surface area contributed by atoms with E-state index in [1.807, 2.05) is 24.4 Å². The number of hydrogen-bond acceptors (Lipinski definition) is 8. The molecule has 0 saturated carbocycles. The summed E-state index contributed by atoms with van der Waals surface area (Å²) in [6.45, 7) is 2.08. The first-order valence-electron chi connectivity index (χ1n) is 13.8. The second kappa shape index (κ2) is 13.4. The fourth-order valence-electron chi connectivity index (χ4n) is 4.50. The Balaban J connectivity index is 1.15. The first-order chi connectivity index (χ1) is 21.9. The van der Waals surface area contributed by atoms with Gasteiger partial charge in [0.15, 0.2) is 16.3 Å². The maximum atomic E-state index is 15.2. The Labute approximate surface area is 265 Å². The van der Waals surface area contributed by atoms with E-state index in [1.54, 1.807) is 42.3 Å². The van der Waals surface area contributed by atoms with E-state index in [2.05, 4.69) is 20.6 Å². The zero-order valence-corrected chi connectivity index (χ0v) is 25.5. The second-order valence-corrected chi connectivity index (χ2v) is 11.2. The lowest BCUT2D eigenvalue weighted by molar-refractivity contribution is 0.199. The summed E-state index contributed by atoms with van der Waals surface area (Å²) in [6, 6.07) is 16.8. The Kier molecular flexibility index (Phi) is 9.03. The van der Waals surface area contributed by atoms with E-state index in [0.29, 0.717) is 30.1 Å². The number of carbonyl (C=O) groups is 1. The number of halogens is 2. The van der Waals surface area contributed by atoms with E-state index in [1.165, 1.54) is 52.4 Å². The SMILES string of the molecule is COCCNCc1ccc(-c2cc3nccc(Oc4ccc(NC(=O)n5ccn(-c6ccc(F)cc6)c5=S)cc4F)c3s2)nc1. The molecular formula is C32H26F2N6O3S2. The lowest BCUT2D eigenvalue weighted by Gasteiger charge is -2.10. The van der Waals surface area contributed by atoms with Crippen LogP contribution in [0.5, 0.6) is 11.5 Å². The van der Waals surface area contributed by atoms with Crippen LogP contribution in [0.4, 0.5) is 19.3 Å². The predicted molar refractivity (Wildman–Crippen MR) is 172 cm³/mol. The number of thiophene rings is 1. The molecule has 6 aromatic rings. The number of amides is 1. The molecule has 0 fully saturated rings. The van der Waals surface area contributed by atoms with Crippen LogP contribution in [-0.4, -0.2) is 45.4 Å².